The molecule has 1 heterocycles. The smallest absolute Gasteiger partial charge is 0.167 e. The van der Waals surface area contributed by atoms with E-state index in [-0.39, 0.29) is 5.60 Å². The van der Waals surface area contributed by atoms with Crippen molar-refractivity contribution in [2.24, 2.45) is 5.41 Å². The lowest BCUT2D eigenvalue weighted by Crippen LogP contribution is -2.37. The number of nitrogens with one attached hydrogen (secondary N) is 1. The number of rotatable bonds is 3. The Morgan fingerprint density at radius 2 is 2.00 bits per heavy atom. The topological polar surface area (TPSA) is 55.0 Å². The van der Waals surface area contributed by atoms with Crippen molar-refractivity contribution in [2.45, 2.75) is 45.1 Å². The summed E-state index contributed by atoms with van der Waals surface area (Å²) in [4.78, 5) is 18.0. The molecule has 0 atom stereocenters. The van der Waals surface area contributed by atoms with Gasteiger partial charge in [-0.05, 0) is 31.1 Å². The molecule has 1 aromatic heterocycles. The highest BCUT2D eigenvalue weighted by atomic mass is 16.5. The molecule has 1 saturated carbocycles. The van der Waals surface area contributed by atoms with E-state index in [1.165, 1.54) is 0 Å². The lowest BCUT2D eigenvalue weighted by atomic mass is 9.70. The molecule has 0 radical (unpaired) electrons. The van der Waals surface area contributed by atoms with Crippen LogP contribution in [0.5, 0.6) is 0 Å². The quantitative estimate of drug-likeness (QED) is 0.821. The van der Waals surface area contributed by atoms with Gasteiger partial charge >= 0.3 is 0 Å². The average molecular weight is 236 g/mol. The molecule has 1 fully saturated rings. The van der Waals surface area contributed by atoms with E-state index in [0.29, 0.717) is 11.1 Å². The molecule has 0 saturated heterocycles. The molecule has 0 bridgehead atoms. The second-order valence-corrected chi connectivity index (χ2v) is 5.67. The third-order valence-electron chi connectivity index (χ3n) is 3.96. The van der Waals surface area contributed by atoms with Gasteiger partial charge in [-0.25, -0.2) is 4.98 Å². The van der Waals surface area contributed by atoms with Gasteiger partial charge < -0.3 is 9.72 Å². The first-order chi connectivity index (χ1) is 8.01. The van der Waals surface area contributed by atoms with Crippen LogP contribution in [0.25, 0.3) is 0 Å². The number of hydrogen-bond donors (Lipinski definition) is 1. The van der Waals surface area contributed by atoms with E-state index in [0.717, 1.165) is 37.8 Å². The number of aromatic nitrogens is 2. The molecule has 94 valence electrons. The van der Waals surface area contributed by atoms with Gasteiger partial charge in [-0.3, -0.25) is 4.79 Å². The molecule has 1 N–H and O–H groups in total. The van der Waals surface area contributed by atoms with E-state index >= 15 is 0 Å². The van der Waals surface area contributed by atoms with Gasteiger partial charge in [-0.15, -0.1) is 0 Å². The van der Waals surface area contributed by atoms with Crippen LogP contribution in [0.1, 0.15) is 55.8 Å². The first kappa shape index (κ1) is 12.3. The minimum absolute atomic E-state index is 0.337. The maximum absolute atomic E-state index is 10.7. The molecular weight excluding hydrogens is 216 g/mol. The number of H-pyrrole nitrogens is 1. The fraction of sp³-hybridized carbons (Fsp3) is 0.692. The summed E-state index contributed by atoms with van der Waals surface area (Å²) in [5, 5.41) is 0. The Kier molecular flexibility index (Phi) is 3.08. The van der Waals surface area contributed by atoms with Gasteiger partial charge in [0.1, 0.15) is 11.4 Å². The number of aldehydes is 1. The van der Waals surface area contributed by atoms with Gasteiger partial charge in [-0.1, -0.05) is 13.8 Å². The molecule has 0 aliphatic heterocycles. The number of carbonyl (C=O) groups is 1. The average Bonchev–Trinajstić information content (AvgIpc) is 2.79. The predicted molar refractivity (Wildman–Crippen MR) is 64.9 cm³/mol. The van der Waals surface area contributed by atoms with Crippen LogP contribution in [0.2, 0.25) is 0 Å². The van der Waals surface area contributed by atoms with Crippen molar-refractivity contribution in [3.05, 3.63) is 17.7 Å². The van der Waals surface area contributed by atoms with E-state index in [1.54, 1.807) is 13.3 Å². The van der Waals surface area contributed by atoms with Crippen LogP contribution in [-0.2, 0) is 10.3 Å². The summed E-state index contributed by atoms with van der Waals surface area (Å²) in [5.41, 5.74) is 0.556. The Hall–Kier alpha value is -1.16. The van der Waals surface area contributed by atoms with Gasteiger partial charge in [-0.2, -0.15) is 0 Å². The Balaban J connectivity index is 2.23. The molecular formula is C13H20N2O2. The third-order valence-corrected chi connectivity index (χ3v) is 3.96. The first-order valence-corrected chi connectivity index (χ1v) is 6.07. The number of nitrogens with zero attached hydrogens (tertiary/aromatic N) is 1. The van der Waals surface area contributed by atoms with Crippen LogP contribution >= 0.6 is 0 Å². The molecule has 0 spiro atoms. The van der Waals surface area contributed by atoms with Crippen LogP contribution in [0.15, 0.2) is 6.20 Å². The summed E-state index contributed by atoms with van der Waals surface area (Å²) < 4.78 is 5.71. The minimum Gasteiger partial charge on any atom is -0.370 e. The lowest BCUT2D eigenvalue weighted by molar-refractivity contribution is -0.0724. The molecule has 0 unspecified atom stereocenters. The molecule has 17 heavy (non-hydrogen) atoms. The second kappa shape index (κ2) is 4.26. The highest BCUT2D eigenvalue weighted by Gasteiger charge is 2.41. The standard InChI is InChI=1S/C13H20N2O2/c1-12(2)4-6-13(17-3,7-5-12)11-14-8-10(9-16)15-11/h8-9H,4-7H2,1-3H3,(H,14,15). The number of methoxy groups -OCH3 is 1. The predicted octanol–water partition coefficient (Wildman–Crippen LogP) is 2.66. The number of aromatic amines is 1. The summed E-state index contributed by atoms with van der Waals surface area (Å²) in [6.07, 6.45) is 6.47. The van der Waals surface area contributed by atoms with E-state index in [9.17, 15) is 4.79 Å². The Labute approximate surface area is 102 Å². The molecule has 1 aliphatic carbocycles. The van der Waals surface area contributed by atoms with Crippen LogP contribution in [0.3, 0.4) is 0 Å². The zero-order chi connectivity index (χ0) is 12.5. The van der Waals surface area contributed by atoms with Crippen molar-refractivity contribution in [1.29, 1.82) is 0 Å². The molecule has 1 aliphatic rings. The van der Waals surface area contributed by atoms with E-state index in [2.05, 4.69) is 23.8 Å². The fourth-order valence-corrected chi connectivity index (χ4v) is 2.50. The van der Waals surface area contributed by atoms with Crippen molar-refractivity contribution in [2.75, 3.05) is 7.11 Å². The molecule has 0 amide bonds. The van der Waals surface area contributed by atoms with Crippen molar-refractivity contribution >= 4 is 6.29 Å². The van der Waals surface area contributed by atoms with Gasteiger partial charge in [0, 0.05) is 7.11 Å². The van der Waals surface area contributed by atoms with Gasteiger partial charge in [0.05, 0.1) is 11.9 Å². The van der Waals surface area contributed by atoms with Crippen molar-refractivity contribution in [3.63, 3.8) is 0 Å². The molecule has 1 aromatic rings. The van der Waals surface area contributed by atoms with Gasteiger partial charge in [0.25, 0.3) is 0 Å². The highest BCUT2D eigenvalue weighted by molar-refractivity contribution is 5.71. The van der Waals surface area contributed by atoms with Crippen molar-refractivity contribution in [3.8, 4) is 0 Å². The third kappa shape index (κ3) is 2.27. The van der Waals surface area contributed by atoms with Crippen LogP contribution < -0.4 is 0 Å². The van der Waals surface area contributed by atoms with Crippen molar-refractivity contribution < 1.29 is 9.53 Å². The molecule has 4 heteroatoms. The Morgan fingerprint density at radius 3 is 2.47 bits per heavy atom. The summed E-state index contributed by atoms with van der Waals surface area (Å²) >= 11 is 0. The number of carbonyl (C=O) groups excluding carboxylic acids is 1. The van der Waals surface area contributed by atoms with E-state index in [4.69, 9.17) is 4.74 Å². The Bertz CT molecular complexity index is 399. The second-order valence-electron chi connectivity index (χ2n) is 5.67. The zero-order valence-electron chi connectivity index (χ0n) is 10.7. The highest BCUT2D eigenvalue weighted by Crippen LogP contribution is 2.46. The fourth-order valence-electron chi connectivity index (χ4n) is 2.50. The zero-order valence-corrected chi connectivity index (χ0v) is 10.7. The summed E-state index contributed by atoms with van der Waals surface area (Å²) in [5.74, 6) is 0.789. The normalized spacial score (nSPS) is 22.3. The number of ether oxygens (including phenoxy) is 1. The number of imidazole rings is 1. The molecule has 0 aromatic carbocycles. The van der Waals surface area contributed by atoms with Gasteiger partial charge in [0.2, 0.25) is 0 Å². The first-order valence-electron chi connectivity index (χ1n) is 6.07. The van der Waals surface area contributed by atoms with Crippen molar-refractivity contribution in [1.82, 2.24) is 9.97 Å². The molecule has 2 rings (SSSR count). The maximum Gasteiger partial charge on any atom is 0.167 e. The largest absolute Gasteiger partial charge is 0.370 e. The monoisotopic (exact) mass is 236 g/mol. The lowest BCUT2D eigenvalue weighted by Gasteiger charge is -2.41. The summed E-state index contributed by atoms with van der Waals surface area (Å²) in [6, 6.07) is 0. The van der Waals surface area contributed by atoms with Crippen LogP contribution in [-0.4, -0.2) is 23.4 Å². The maximum atomic E-state index is 10.7. The number of hydrogen-bond acceptors (Lipinski definition) is 3. The minimum atomic E-state index is -0.337. The summed E-state index contributed by atoms with van der Waals surface area (Å²) in [6.45, 7) is 4.57. The van der Waals surface area contributed by atoms with Crippen LogP contribution in [0, 0.1) is 5.41 Å². The van der Waals surface area contributed by atoms with E-state index in [1.807, 2.05) is 0 Å². The molecule has 4 nitrogen and oxygen atoms in total. The van der Waals surface area contributed by atoms with Gasteiger partial charge in [0.15, 0.2) is 6.29 Å². The van der Waals surface area contributed by atoms with E-state index < -0.39 is 0 Å². The summed E-state index contributed by atoms with van der Waals surface area (Å²) in [7, 11) is 1.72. The SMILES string of the molecule is COC1(c2ncc(C=O)[nH]2)CCC(C)(C)CC1. The van der Waals surface area contributed by atoms with Crippen LogP contribution in [0.4, 0.5) is 0 Å². The Morgan fingerprint density at radius 1 is 1.35 bits per heavy atom.